The topological polar surface area (TPSA) is 51.8 Å². The van der Waals surface area contributed by atoms with E-state index in [-0.39, 0.29) is 0 Å². The maximum Gasteiger partial charge on any atom is 0.192 e. The Labute approximate surface area is 116 Å². The molecule has 1 aromatic heterocycles. The molecule has 0 aliphatic rings. The Kier molecular flexibility index (Phi) is 3.78. The lowest BCUT2D eigenvalue weighted by Crippen LogP contribution is -1.98. The van der Waals surface area contributed by atoms with Gasteiger partial charge in [0.25, 0.3) is 0 Å². The normalized spacial score (nSPS) is 10.7. The van der Waals surface area contributed by atoms with Crippen molar-refractivity contribution in [1.29, 1.82) is 0 Å². The van der Waals surface area contributed by atoms with Gasteiger partial charge in [-0.25, -0.2) is 9.97 Å². The zero-order valence-electron chi connectivity index (χ0n) is 10.5. The van der Waals surface area contributed by atoms with E-state index in [9.17, 15) is 0 Å². The summed E-state index contributed by atoms with van der Waals surface area (Å²) in [5.41, 5.74) is 9.70. The predicted molar refractivity (Wildman–Crippen MR) is 76.2 cm³/mol. The maximum atomic E-state index is 5.96. The van der Waals surface area contributed by atoms with Crippen LogP contribution in [-0.4, -0.2) is 9.97 Å². The predicted octanol–water partition coefficient (Wildman–Crippen LogP) is 3.79. The molecule has 0 saturated heterocycles. The van der Waals surface area contributed by atoms with Crippen molar-refractivity contribution < 1.29 is 0 Å². The van der Waals surface area contributed by atoms with Gasteiger partial charge in [-0.3, -0.25) is 0 Å². The number of halogens is 1. The van der Waals surface area contributed by atoms with E-state index < -0.39 is 0 Å². The number of aryl methyl sites for hydroxylation is 2. The van der Waals surface area contributed by atoms with Crippen LogP contribution in [0.4, 0.5) is 5.69 Å². The third kappa shape index (κ3) is 2.76. The molecule has 2 N–H and O–H groups in total. The quantitative estimate of drug-likeness (QED) is 0.671. The van der Waals surface area contributed by atoms with Crippen molar-refractivity contribution in [3.63, 3.8) is 0 Å². The molecule has 0 bridgehead atoms. The Morgan fingerprint density at radius 1 is 1.11 bits per heavy atom. The first-order valence-corrected chi connectivity index (χ1v) is 6.71. The number of nitrogens with two attached hydrogens (primary N) is 1. The Balaban J connectivity index is 2.37. The van der Waals surface area contributed by atoms with E-state index in [2.05, 4.69) is 9.97 Å². The van der Waals surface area contributed by atoms with Gasteiger partial charge in [-0.05, 0) is 56.3 Å². The van der Waals surface area contributed by atoms with Gasteiger partial charge in [0.1, 0.15) is 0 Å². The lowest BCUT2D eigenvalue weighted by molar-refractivity contribution is 0.881. The van der Waals surface area contributed by atoms with Crippen LogP contribution in [0.25, 0.3) is 0 Å². The first kappa shape index (κ1) is 13.2. The Hall–Kier alpha value is -1.26. The van der Waals surface area contributed by atoms with Gasteiger partial charge in [0.05, 0.1) is 0 Å². The van der Waals surface area contributed by atoms with Crippen molar-refractivity contribution in [2.24, 2.45) is 0 Å². The number of aromatic nitrogens is 2. The molecule has 18 heavy (non-hydrogen) atoms. The lowest BCUT2D eigenvalue weighted by atomic mass is 10.2. The third-order valence-electron chi connectivity index (χ3n) is 2.79. The van der Waals surface area contributed by atoms with E-state index in [0.29, 0.717) is 15.9 Å². The van der Waals surface area contributed by atoms with Gasteiger partial charge in [0.15, 0.2) is 5.16 Å². The highest BCUT2D eigenvalue weighted by Crippen LogP contribution is 2.32. The fraction of sp³-hybridized carbons (Fsp3) is 0.231. The van der Waals surface area contributed by atoms with Crippen LogP contribution in [0.3, 0.4) is 0 Å². The summed E-state index contributed by atoms with van der Waals surface area (Å²) in [5, 5.41) is 1.36. The highest BCUT2D eigenvalue weighted by Gasteiger charge is 2.08. The second-order valence-corrected chi connectivity index (χ2v) is 5.53. The van der Waals surface area contributed by atoms with Crippen LogP contribution in [0.15, 0.2) is 28.3 Å². The lowest BCUT2D eigenvalue weighted by Gasteiger charge is -2.08. The molecule has 94 valence electrons. The second kappa shape index (κ2) is 5.16. The van der Waals surface area contributed by atoms with E-state index in [1.807, 2.05) is 26.8 Å². The van der Waals surface area contributed by atoms with E-state index in [1.54, 1.807) is 12.1 Å². The van der Waals surface area contributed by atoms with Gasteiger partial charge in [0, 0.05) is 27.0 Å². The van der Waals surface area contributed by atoms with Crippen LogP contribution in [0.5, 0.6) is 0 Å². The summed E-state index contributed by atoms with van der Waals surface area (Å²) in [6.07, 6.45) is 0. The Morgan fingerprint density at radius 2 is 1.72 bits per heavy atom. The minimum absolute atomic E-state index is 0.659. The van der Waals surface area contributed by atoms with Gasteiger partial charge in [0.2, 0.25) is 0 Å². The van der Waals surface area contributed by atoms with E-state index in [4.69, 9.17) is 17.3 Å². The summed E-state index contributed by atoms with van der Waals surface area (Å²) in [5.74, 6) is 0. The van der Waals surface area contributed by atoms with Crippen molar-refractivity contribution in [1.82, 2.24) is 9.97 Å². The zero-order chi connectivity index (χ0) is 13.3. The van der Waals surface area contributed by atoms with E-state index in [0.717, 1.165) is 21.8 Å². The third-order valence-corrected chi connectivity index (χ3v) is 3.96. The van der Waals surface area contributed by atoms with Crippen LogP contribution in [0.1, 0.15) is 17.0 Å². The number of hydrogen-bond donors (Lipinski definition) is 1. The summed E-state index contributed by atoms with van der Waals surface area (Å²) >= 11 is 7.39. The average molecular weight is 280 g/mol. The van der Waals surface area contributed by atoms with Crippen molar-refractivity contribution in [3.8, 4) is 0 Å². The highest BCUT2D eigenvalue weighted by molar-refractivity contribution is 7.99. The molecule has 1 aromatic carbocycles. The molecule has 0 spiro atoms. The number of nitrogens with zero attached hydrogens (tertiary/aromatic N) is 2. The van der Waals surface area contributed by atoms with Gasteiger partial charge in [-0.15, -0.1) is 0 Å². The molecule has 2 aromatic rings. The first-order chi connectivity index (χ1) is 8.47. The van der Waals surface area contributed by atoms with Crippen molar-refractivity contribution in [3.05, 3.63) is 40.2 Å². The van der Waals surface area contributed by atoms with Crippen molar-refractivity contribution in [2.75, 3.05) is 5.73 Å². The van der Waals surface area contributed by atoms with E-state index in [1.165, 1.54) is 11.8 Å². The van der Waals surface area contributed by atoms with Crippen LogP contribution in [0, 0.1) is 20.8 Å². The first-order valence-electron chi connectivity index (χ1n) is 5.52. The monoisotopic (exact) mass is 279 g/mol. The second-order valence-electron chi connectivity index (χ2n) is 4.09. The summed E-state index contributed by atoms with van der Waals surface area (Å²) in [7, 11) is 0. The van der Waals surface area contributed by atoms with Gasteiger partial charge in [-0.2, -0.15) is 0 Å². The molecule has 0 aliphatic carbocycles. The minimum atomic E-state index is 0.659. The number of hydrogen-bond acceptors (Lipinski definition) is 4. The largest absolute Gasteiger partial charge is 0.398 e. The number of benzene rings is 1. The zero-order valence-corrected chi connectivity index (χ0v) is 12.1. The SMILES string of the molecule is Cc1nc(Sc2cc(Cl)ccc2N)nc(C)c1C. The molecule has 2 rings (SSSR count). The molecular formula is C13H14ClN3S. The number of nitrogen functional groups attached to an aromatic ring is 1. The fourth-order valence-electron chi connectivity index (χ4n) is 1.48. The molecule has 0 radical (unpaired) electrons. The van der Waals surface area contributed by atoms with Crippen molar-refractivity contribution in [2.45, 2.75) is 30.8 Å². The number of rotatable bonds is 2. The maximum absolute atomic E-state index is 5.96. The molecule has 0 amide bonds. The molecule has 1 heterocycles. The highest BCUT2D eigenvalue weighted by atomic mass is 35.5. The summed E-state index contributed by atoms with van der Waals surface area (Å²) < 4.78 is 0. The molecular weight excluding hydrogens is 266 g/mol. The van der Waals surface area contributed by atoms with Gasteiger partial charge >= 0.3 is 0 Å². The van der Waals surface area contributed by atoms with E-state index >= 15 is 0 Å². The van der Waals surface area contributed by atoms with Gasteiger partial charge in [-0.1, -0.05) is 11.6 Å². The molecule has 0 aliphatic heterocycles. The van der Waals surface area contributed by atoms with Crippen LogP contribution in [0.2, 0.25) is 5.02 Å². The molecule has 5 heteroatoms. The molecule has 0 atom stereocenters. The van der Waals surface area contributed by atoms with Crippen LogP contribution >= 0.6 is 23.4 Å². The van der Waals surface area contributed by atoms with Crippen LogP contribution in [-0.2, 0) is 0 Å². The summed E-state index contributed by atoms with van der Waals surface area (Å²) in [4.78, 5) is 9.79. The molecule has 0 unspecified atom stereocenters. The van der Waals surface area contributed by atoms with Gasteiger partial charge < -0.3 is 5.73 Å². The number of anilines is 1. The Bertz CT molecular complexity index is 576. The molecule has 3 nitrogen and oxygen atoms in total. The van der Waals surface area contributed by atoms with Crippen molar-refractivity contribution >= 4 is 29.1 Å². The average Bonchev–Trinajstić information content (AvgIpc) is 2.31. The molecule has 0 fully saturated rings. The minimum Gasteiger partial charge on any atom is -0.398 e. The fourth-order valence-corrected chi connectivity index (χ4v) is 2.65. The summed E-state index contributed by atoms with van der Waals surface area (Å²) in [6, 6.07) is 5.39. The standard InChI is InChI=1S/C13H14ClN3S/c1-7-8(2)16-13(17-9(7)3)18-12-6-10(14)4-5-11(12)15/h4-6H,15H2,1-3H3. The molecule has 0 saturated carbocycles. The van der Waals surface area contributed by atoms with Crippen LogP contribution < -0.4 is 5.73 Å². The smallest absolute Gasteiger partial charge is 0.192 e. The Morgan fingerprint density at radius 3 is 2.33 bits per heavy atom. The summed E-state index contributed by atoms with van der Waals surface area (Å²) in [6.45, 7) is 5.98.